The van der Waals surface area contributed by atoms with Gasteiger partial charge in [0.1, 0.15) is 0 Å². The second-order valence-electron chi connectivity index (χ2n) is 6.06. The van der Waals surface area contributed by atoms with E-state index in [0.29, 0.717) is 6.04 Å². The smallest absolute Gasteiger partial charge is 0.0967 e. The molecule has 0 radical (unpaired) electrons. The highest BCUT2D eigenvalue weighted by Crippen LogP contribution is 2.21. The Morgan fingerprint density at radius 2 is 2.10 bits per heavy atom. The zero-order valence-corrected chi connectivity index (χ0v) is 12.0. The SMILES string of the molecule is N#CC(CCN1CCCc2ccccc2C1)NC1CC1. The molecule has 2 aliphatic rings. The van der Waals surface area contributed by atoms with Crippen LogP contribution in [-0.4, -0.2) is 30.1 Å². The van der Waals surface area contributed by atoms with Gasteiger partial charge in [0.25, 0.3) is 0 Å². The van der Waals surface area contributed by atoms with Gasteiger partial charge in [-0.05, 0) is 49.8 Å². The average Bonchev–Trinajstić information content (AvgIpc) is 3.29. The molecule has 0 spiro atoms. The first-order chi connectivity index (χ1) is 9.85. The molecule has 1 aromatic rings. The Morgan fingerprint density at radius 3 is 2.85 bits per heavy atom. The molecule has 1 aliphatic heterocycles. The molecule has 1 unspecified atom stereocenters. The number of nitrogens with zero attached hydrogens (tertiary/aromatic N) is 2. The molecule has 1 aliphatic carbocycles. The van der Waals surface area contributed by atoms with Crippen molar-refractivity contribution in [2.45, 2.75) is 50.7 Å². The first-order valence-corrected chi connectivity index (χ1v) is 7.80. The van der Waals surface area contributed by atoms with Crippen LogP contribution in [0.4, 0.5) is 0 Å². The number of hydrogen-bond acceptors (Lipinski definition) is 3. The fraction of sp³-hybridized carbons (Fsp3) is 0.588. The summed E-state index contributed by atoms with van der Waals surface area (Å²) < 4.78 is 0. The van der Waals surface area contributed by atoms with Crippen LogP contribution in [-0.2, 0) is 13.0 Å². The Balaban J connectivity index is 1.53. The Kier molecular flexibility index (Phi) is 4.34. The second-order valence-corrected chi connectivity index (χ2v) is 6.06. The highest BCUT2D eigenvalue weighted by molar-refractivity contribution is 5.28. The molecule has 3 nitrogen and oxygen atoms in total. The molecule has 1 atom stereocenters. The summed E-state index contributed by atoms with van der Waals surface area (Å²) in [6.07, 6.45) is 5.85. The van der Waals surface area contributed by atoms with Crippen molar-refractivity contribution in [1.82, 2.24) is 10.2 Å². The lowest BCUT2D eigenvalue weighted by Gasteiger charge is -2.22. The lowest BCUT2D eigenvalue weighted by atomic mass is 10.0. The summed E-state index contributed by atoms with van der Waals surface area (Å²) >= 11 is 0. The number of hydrogen-bond donors (Lipinski definition) is 1. The highest BCUT2D eigenvalue weighted by Gasteiger charge is 2.24. The highest BCUT2D eigenvalue weighted by atomic mass is 15.1. The van der Waals surface area contributed by atoms with Gasteiger partial charge in [-0.1, -0.05) is 24.3 Å². The molecule has 1 fully saturated rings. The molecule has 0 aromatic heterocycles. The number of fused-ring (bicyclic) bond motifs is 1. The number of aryl methyl sites for hydroxylation is 1. The van der Waals surface area contributed by atoms with E-state index >= 15 is 0 Å². The van der Waals surface area contributed by atoms with Crippen LogP contribution in [0.5, 0.6) is 0 Å². The first kappa shape index (κ1) is 13.6. The van der Waals surface area contributed by atoms with Crippen molar-refractivity contribution < 1.29 is 0 Å². The van der Waals surface area contributed by atoms with E-state index in [4.69, 9.17) is 0 Å². The Labute approximate surface area is 121 Å². The van der Waals surface area contributed by atoms with Gasteiger partial charge in [0.2, 0.25) is 0 Å². The van der Waals surface area contributed by atoms with Crippen LogP contribution in [0.3, 0.4) is 0 Å². The van der Waals surface area contributed by atoms with E-state index in [1.54, 1.807) is 0 Å². The van der Waals surface area contributed by atoms with E-state index in [0.717, 1.165) is 26.1 Å². The molecule has 20 heavy (non-hydrogen) atoms. The maximum absolute atomic E-state index is 9.21. The van der Waals surface area contributed by atoms with Crippen molar-refractivity contribution in [1.29, 1.82) is 5.26 Å². The van der Waals surface area contributed by atoms with Crippen molar-refractivity contribution >= 4 is 0 Å². The van der Waals surface area contributed by atoms with Crippen molar-refractivity contribution in [2.75, 3.05) is 13.1 Å². The summed E-state index contributed by atoms with van der Waals surface area (Å²) in [4.78, 5) is 2.50. The van der Waals surface area contributed by atoms with Gasteiger partial charge in [-0.15, -0.1) is 0 Å². The predicted octanol–water partition coefficient (Wildman–Crippen LogP) is 2.47. The van der Waals surface area contributed by atoms with Crippen molar-refractivity contribution in [3.05, 3.63) is 35.4 Å². The Morgan fingerprint density at radius 1 is 1.30 bits per heavy atom. The quantitative estimate of drug-likeness (QED) is 0.892. The van der Waals surface area contributed by atoms with Crippen LogP contribution >= 0.6 is 0 Å². The molecule has 0 amide bonds. The lowest BCUT2D eigenvalue weighted by molar-refractivity contribution is 0.258. The van der Waals surface area contributed by atoms with Gasteiger partial charge < -0.3 is 0 Å². The topological polar surface area (TPSA) is 39.1 Å². The van der Waals surface area contributed by atoms with E-state index in [1.165, 1.54) is 36.8 Å². The summed E-state index contributed by atoms with van der Waals surface area (Å²) in [5.41, 5.74) is 2.97. The standard InChI is InChI=1S/C17H23N3/c18-12-17(19-16-7-8-16)9-11-20-10-3-6-14-4-1-2-5-15(14)13-20/h1-2,4-5,16-17,19H,3,6-11,13H2. The molecule has 1 aromatic carbocycles. The Hall–Kier alpha value is -1.37. The number of nitrogens with one attached hydrogen (secondary N) is 1. The zero-order valence-electron chi connectivity index (χ0n) is 12.0. The molecule has 0 bridgehead atoms. The van der Waals surface area contributed by atoms with Crippen molar-refractivity contribution in [3.8, 4) is 6.07 Å². The van der Waals surface area contributed by atoms with Gasteiger partial charge in [0.05, 0.1) is 12.1 Å². The average molecular weight is 269 g/mol. The van der Waals surface area contributed by atoms with Gasteiger partial charge in [-0.2, -0.15) is 5.26 Å². The minimum Gasteiger partial charge on any atom is -0.299 e. The van der Waals surface area contributed by atoms with E-state index in [-0.39, 0.29) is 6.04 Å². The van der Waals surface area contributed by atoms with Gasteiger partial charge >= 0.3 is 0 Å². The molecule has 1 N–H and O–H groups in total. The maximum atomic E-state index is 9.21. The van der Waals surface area contributed by atoms with E-state index in [2.05, 4.69) is 40.6 Å². The van der Waals surface area contributed by atoms with Gasteiger partial charge in [-0.3, -0.25) is 10.2 Å². The van der Waals surface area contributed by atoms with Gasteiger partial charge in [0.15, 0.2) is 0 Å². The lowest BCUT2D eigenvalue weighted by Crippen LogP contribution is -2.34. The normalized spacial score (nSPS) is 20.8. The van der Waals surface area contributed by atoms with Crippen LogP contribution in [0.15, 0.2) is 24.3 Å². The van der Waals surface area contributed by atoms with Crippen LogP contribution in [0.2, 0.25) is 0 Å². The molecular formula is C17H23N3. The fourth-order valence-corrected chi connectivity index (χ4v) is 2.99. The molecule has 1 heterocycles. The van der Waals surface area contributed by atoms with E-state index in [1.807, 2.05) is 0 Å². The molecular weight excluding hydrogens is 246 g/mol. The number of benzene rings is 1. The third-order valence-electron chi connectivity index (χ3n) is 4.34. The molecule has 0 saturated heterocycles. The number of nitriles is 1. The largest absolute Gasteiger partial charge is 0.299 e. The second kappa shape index (κ2) is 6.39. The minimum atomic E-state index is 0.0287. The summed E-state index contributed by atoms with van der Waals surface area (Å²) in [5.74, 6) is 0. The van der Waals surface area contributed by atoms with Gasteiger partial charge in [0, 0.05) is 19.1 Å². The van der Waals surface area contributed by atoms with E-state index < -0.39 is 0 Å². The van der Waals surface area contributed by atoms with Crippen LogP contribution < -0.4 is 5.32 Å². The predicted molar refractivity (Wildman–Crippen MR) is 80.2 cm³/mol. The molecule has 3 rings (SSSR count). The number of rotatable bonds is 5. The summed E-state index contributed by atoms with van der Waals surface area (Å²) in [6.45, 7) is 3.21. The van der Waals surface area contributed by atoms with Crippen LogP contribution in [0, 0.1) is 11.3 Å². The monoisotopic (exact) mass is 269 g/mol. The van der Waals surface area contributed by atoms with Crippen LogP contribution in [0.25, 0.3) is 0 Å². The Bertz CT molecular complexity index is 487. The van der Waals surface area contributed by atoms with Crippen molar-refractivity contribution in [3.63, 3.8) is 0 Å². The molecule has 106 valence electrons. The fourth-order valence-electron chi connectivity index (χ4n) is 2.99. The maximum Gasteiger partial charge on any atom is 0.0967 e. The third-order valence-corrected chi connectivity index (χ3v) is 4.34. The third kappa shape index (κ3) is 3.59. The first-order valence-electron chi connectivity index (χ1n) is 7.80. The molecule has 1 saturated carbocycles. The summed E-state index contributed by atoms with van der Waals surface area (Å²) in [7, 11) is 0. The van der Waals surface area contributed by atoms with Crippen LogP contribution in [0.1, 0.15) is 36.8 Å². The zero-order chi connectivity index (χ0) is 13.8. The summed E-state index contributed by atoms with van der Waals surface area (Å²) in [5, 5.41) is 12.6. The van der Waals surface area contributed by atoms with E-state index in [9.17, 15) is 5.26 Å². The van der Waals surface area contributed by atoms with Crippen molar-refractivity contribution in [2.24, 2.45) is 0 Å². The summed E-state index contributed by atoms with van der Waals surface area (Å²) in [6, 6.07) is 11.8. The van der Waals surface area contributed by atoms with Gasteiger partial charge in [-0.25, -0.2) is 0 Å². The minimum absolute atomic E-state index is 0.0287. The molecule has 3 heteroatoms.